The molecule has 6 heteroatoms. The minimum absolute atomic E-state index is 0.00822. The molecule has 1 unspecified atom stereocenters. The van der Waals surface area contributed by atoms with Crippen molar-refractivity contribution in [2.75, 3.05) is 18.4 Å². The quantitative estimate of drug-likeness (QED) is 0.899. The van der Waals surface area contributed by atoms with Crippen LogP contribution in [0.4, 0.5) is 14.9 Å². The molecule has 0 saturated carbocycles. The van der Waals surface area contributed by atoms with Gasteiger partial charge >= 0.3 is 12.0 Å². The maximum atomic E-state index is 13.3. The third-order valence-electron chi connectivity index (χ3n) is 3.84. The highest BCUT2D eigenvalue weighted by atomic mass is 19.1. The molecule has 1 aliphatic heterocycles. The molecule has 5 nitrogen and oxygen atoms in total. The molecule has 1 aliphatic rings. The highest BCUT2D eigenvalue weighted by Crippen LogP contribution is 2.22. The summed E-state index contributed by atoms with van der Waals surface area (Å²) in [6.07, 6.45) is 3.03. The van der Waals surface area contributed by atoms with Gasteiger partial charge in [-0.15, -0.1) is 0 Å². The van der Waals surface area contributed by atoms with Crippen molar-refractivity contribution >= 4 is 17.7 Å². The largest absolute Gasteiger partial charge is 0.478 e. The molecule has 2 amide bonds. The Bertz CT molecular complexity index is 548. The fourth-order valence-electron chi connectivity index (χ4n) is 2.58. The number of benzene rings is 1. The van der Waals surface area contributed by atoms with Crippen LogP contribution in [0.3, 0.4) is 0 Å². The van der Waals surface area contributed by atoms with Gasteiger partial charge in [0.05, 0.1) is 11.3 Å². The fourth-order valence-corrected chi connectivity index (χ4v) is 2.58. The first-order valence-corrected chi connectivity index (χ1v) is 7.10. The Kier molecular flexibility index (Phi) is 4.77. The van der Waals surface area contributed by atoms with Crippen molar-refractivity contribution in [3.05, 3.63) is 29.6 Å². The molecule has 1 saturated heterocycles. The second kappa shape index (κ2) is 6.56. The van der Waals surface area contributed by atoms with E-state index in [0.29, 0.717) is 19.0 Å². The minimum Gasteiger partial charge on any atom is -0.478 e. The van der Waals surface area contributed by atoms with E-state index >= 15 is 0 Å². The highest BCUT2D eigenvalue weighted by molar-refractivity contribution is 6.00. The molecule has 114 valence electrons. The van der Waals surface area contributed by atoms with Gasteiger partial charge in [-0.1, -0.05) is 13.3 Å². The number of nitrogens with zero attached hydrogens (tertiary/aromatic N) is 1. The lowest BCUT2D eigenvalue weighted by atomic mass is 9.96. The minimum atomic E-state index is -1.20. The van der Waals surface area contributed by atoms with Crippen LogP contribution < -0.4 is 5.32 Å². The van der Waals surface area contributed by atoms with Crippen LogP contribution in [0, 0.1) is 11.7 Å². The molecule has 0 aliphatic carbocycles. The average molecular weight is 294 g/mol. The summed E-state index contributed by atoms with van der Waals surface area (Å²) in [6.45, 7) is 3.38. The summed E-state index contributed by atoms with van der Waals surface area (Å²) < 4.78 is 13.3. The van der Waals surface area contributed by atoms with Crippen LogP contribution in [0.15, 0.2) is 18.2 Å². The number of anilines is 1. The van der Waals surface area contributed by atoms with E-state index in [1.807, 2.05) is 0 Å². The van der Waals surface area contributed by atoms with Gasteiger partial charge in [0.1, 0.15) is 5.82 Å². The number of carbonyl (C=O) groups excluding carboxylic acids is 1. The van der Waals surface area contributed by atoms with Gasteiger partial charge in [0.25, 0.3) is 0 Å². The second-order valence-electron chi connectivity index (χ2n) is 5.29. The Morgan fingerprint density at radius 2 is 2.24 bits per heavy atom. The Labute approximate surface area is 122 Å². The van der Waals surface area contributed by atoms with Gasteiger partial charge in [-0.25, -0.2) is 14.0 Å². The van der Waals surface area contributed by atoms with Crippen molar-refractivity contribution in [1.82, 2.24) is 4.90 Å². The van der Waals surface area contributed by atoms with Crippen LogP contribution >= 0.6 is 0 Å². The number of piperidine rings is 1. The van der Waals surface area contributed by atoms with Crippen molar-refractivity contribution < 1.29 is 19.1 Å². The lowest BCUT2D eigenvalue weighted by molar-refractivity contribution is 0.0698. The maximum Gasteiger partial charge on any atom is 0.337 e. The van der Waals surface area contributed by atoms with E-state index in [2.05, 4.69) is 12.2 Å². The van der Waals surface area contributed by atoms with Crippen LogP contribution in [0.2, 0.25) is 0 Å². The number of nitrogens with one attached hydrogen (secondary N) is 1. The van der Waals surface area contributed by atoms with Gasteiger partial charge in [-0.05, 0) is 37.0 Å². The molecular weight excluding hydrogens is 275 g/mol. The molecule has 1 fully saturated rings. The molecule has 0 aromatic heterocycles. The van der Waals surface area contributed by atoms with E-state index < -0.39 is 11.8 Å². The van der Waals surface area contributed by atoms with Crippen LogP contribution in [0.1, 0.15) is 36.5 Å². The number of hydrogen-bond acceptors (Lipinski definition) is 2. The molecule has 0 radical (unpaired) electrons. The van der Waals surface area contributed by atoms with E-state index in [9.17, 15) is 14.0 Å². The van der Waals surface area contributed by atoms with Gasteiger partial charge in [-0.3, -0.25) is 0 Å². The average Bonchev–Trinajstić information content (AvgIpc) is 2.47. The lowest BCUT2D eigenvalue weighted by Crippen LogP contribution is -2.42. The molecule has 1 atom stereocenters. The van der Waals surface area contributed by atoms with Crippen LogP contribution in [-0.4, -0.2) is 35.1 Å². The zero-order valence-electron chi connectivity index (χ0n) is 11.9. The molecule has 2 rings (SSSR count). The number of amides is 2. The summed E-state index contributed by atoms with van der Waals surface area (Å²) >= 11 is 0. The SMILES string of the molecule is CCC1CCCN(C(=O)Nc2cc(F)ccc2C(=O)O)C1. The highest BCUT2D eigenvalue weighted by Gasteiger charge is 2.23. The van der Waals surface area contributed by atoms with E-state index in [-0.39, 0.29) is 17.3 Å². The Hall–Kier alpha value is -2.11. The topological polar surface area (TPSA) is 69.6 Å². The third-order valence-corrected chi connectivity index (χ3v) is 3.84. The second-order valence-corrected chi connectivity index (χ2v) is 5.29. The Morgan fingerprint density at radius 1 is 1.48 bits per heavy atom. The zero-order chi connectivity index (χ0) is 15.4. The summed E-state index contributed by atoms with van der Waals surface area (Å²) in [5.41, 5.74) is -0.125. The molecule has 1 aromatic carbocycles. The van der Waals surface area contributed by atoms with E-state index in [1.165, 1.54) is 0 Å². The first kappa shape index (κ1) is 15.3. The van der Waals surface area contributed by atoms with Crippen molar-refractivity contribution in [3.63, 3.8) is 0 Å². The fraction of sp³-hybridized carbons (Fsp3) is 0.467. The van der Waals surface area contributed by atoms with Crippen molar-refractivity contribution in [3.8, 4) is 0 Å². The standard InChI is InChI=1S/C15H19FN2O3/c1-2-10-4-3-7-18(9-10)15(21)17-13-8-11(16)5-6-12(13)14(19)20/h5-6,8,10H,2-4,7,9H2,1H3,(H,17,21)(H,19,20). The summed E-state index contributed by atoms with van der Waals surface area (Å²) in [5.74, 6) is -1.31. The van der Waals surface area contributed by atoms with E-state index in [1.54, 1.807) is 4.90 Å². The number of halogens is 1. The van der Waals surface area contributed by atoms with Gasteiger partial charge in [-0.2, -0.15) is 0 Å². The molecule has 21 heavy (non-hydrogen) atoms. The molecule has 1 heterocycles. The molecule has 0 bridgehead atoms. The number of rotatable bonds is 3. The predicted molar refractivity (Wildman–Crippen MR) is 77.0 cm³/mol. The summed E-state index contributed by atoms with van der Waals surface area (Å²) in [6, 6.07) is 2.87. The molecule has 0 spiro atoms. The van der Waals surface area contributed by atoms with Crippen LogP contribution in [0.25, 0.3) is 0 Å². The number of carboxylic acids is 1. The summed E-state index contributed by atoms with van der Waals surface area (Å²) in [7, 11) is 0. The zero-order valence-corrected chi connectivity index (χ0v) is 11.9. The number of urea groups is 1. The number of likely N-dealkylation sites (tertiary alicyclic amines) is 1. The Balaban J connectivity index is 2.12. The first-order valence-electron chi connectivity index (χ1n) is 7.10. The maximum absolute atomic E-state index is 13.3. The summed E-state index contributed by atoms with van der Waals surface area (Å²) in [5, 5.41) is 11.6. The third kappa shape index (κ3) is 3.71. The molecule has 1 aromatic rings. The number of carbonyl (C=O) groups is 2. The number of aromatic carboxylic acids is 1. The smallest absolute Gasteiger partial charge is 0.337 e. The van der Waals surface area contributed by atoms with Gasteiger partial charge in [0.15, 0.2) is 0 Å². The number of carboxylic acid groups (broad SMARTS) is 1. The lowest BCUT2D eigenvalue weighted by Gasteiger charge is -2.32. The van der Waals surface area contributed by atoms with E-state index in [4.69, 9.17) is 5.11 Å². The van der Waals surface area contributed by atoms with Crippen LogP contribution in [-0.2, 0) is 0 Å². The van der Waals surface area contributed by atoms with Crippen molar-refractivity contribution in [1.29, 1.82) is 0 Å². The predicted octanol–water partition coefficient (Wildman–Crippen LogP) is 3.18. The van der Waals surface area contributed by atoms with Gasteiger partial charge in [0, 0.05) is 13.1 Å². The first-order chi connectivity index (χ1) is 10.0. The Morgan fingerprint density at radius 3 is 2.90 bits per heavy atom. The molecule has 2 N–H and O–H groups in total. The monoisotopic (exact) mass is 294 g/mol. The van der Waals surface area contributed by atoms with Crippen molar-refractivity contribution in [2.45, 2.75) is 26.2 Å². The number of hydrogen-bond donors (Lipinski definition) is 2. The summed E-state index contributed by atoms with van der Waals surface area (Å²) in [4.78, 5) is 25.0. The van der Waals surface area contributed by atoms with Crippen LogP contribution in [0.5, 0.6) is 0 Å². The molecular formula is C15H19FN2O3. The van der Waals surface area contributed by atoms with Crippen molar-refractivity contribution in [2.24, 2.45) is 5.92 Å². The normalized spacial score (nSPS) is 18.4. The van der Waals surface area contributed by atoms with E-state index in [0.717, 1.165) is 37.5 Å². The van der Waals surface area contributed by atoms with Gasteiger partial charge < -0.3 is 15.3 Å². The van der Waals surface area contributed by atoms with Gasteiger partial charge in [0.2, 0.25) is 0 Å².